The van der Waals surface area contributed by atoms with E-state index in [0.717, 1.165) is 24.4 Å². The van der Waals surface area contributed by atoms with E-state index >= 15 is 0 Å². The highest BCUT2D eigenvalue weighted by atomic mass is 32.2. The first-order valence-corrected chi connectivity index (χ1v) is 9.98. The van der Waals surface area contributed by atoms with Crippen molar-refractivity contribution in [2.24, 2.45) is 5.92 Å². The molecule has 120 valence electrons. The Labute approximate surface area is 132 Å². The molecular weight excluding hydrogens is 304 g/mol. The average Bonchev–Trinajstić information content (AvgIpc) is 3.05. The number of hydrogen-bond acceptors (Lipinski definition) is 4. The van der Waals surface area contributed by atoms with E-state index in [9.17, 15) is 8.42 Å². The van der Waals surface area contributed by atoms with Gasteiger partial charge in [0.25, 0.3) is 0 Å². The number of nitrogens with one attached hydrogen (secondary N) is 1. The summed E-state index contributed by atoms with van der Waals surface area (Å²) < 4.78 is 27.9. The van der Waals surface area contributed by atoms with E-state index in [1.54, 1.807) is 6.07 Å². The van der Waals surface area contributed by atoms with Gasteiger partial charge in [-0.25, -0.2) is 13.1 Å². The lowest BCUT2D eigenvalue weighted by Crippen LogP contribution is -2.43. The number of thiophene rings is 1. The van der Waals surface area contributed by atoms with Gasteiger partial charge < -0.3 is 0 Å². The minimum atomic E-state index is -3.36. The Hall–Kier alpha value is -0.430. The molecule has 0 amide bonds. The molecule has 21 heavy (non-hydrogen) atoms. The minimum Gasteiger partial charge on any atom is -0.299 e. The van der Waals surface area contributed by atoms with Crippen LogP contribution in [0.3, 0.4) is 0 Å². The third kappa shape index (κ3) is 4.77. The summed E-state index contributed by atoms with van der Waals surface area (Å²) in [5.41, 5.74) is 0. The molecular formula is C15H26N2O2S2. The zero-order chi connectivity index (χ0) is 15.5. The number of hydrogen-bond donors (Lipinski definition) is 1. The summed E-state index contributed by atoms with van der Waals surface area (Å²) in [6, 6.07) is 3.85. The van der Waals surface area contributed by atoms with Crippen LogP contribution in [0.25, 0.3) is 0 Å². The maximum atomic E-state index is 12.3. The van der Waals surface area contributed by atoms with Gasteiger partial charge >= 0.3 is 0 Å². The molecule has 1 aliphatic heterocycles. The van der Waals surface area contributed by atoms with Crippen LogP contribution >= 0.6 is 11.3 Å². The van der Waals surface area contributed by atoms with Crippen LogP contribution in [-0.4, -0.2) is 39.0 Å². The fraction of sp³-hybridized carbons (Fsp3) is 0.733. The summed E-state index contributed by atoms with van der Waals surface area (Å²) in [6.45, 7) is 9.02. The first kappa shape index (κ1) is 16.9. The third-order valence-corrected chi connectivity index (χ3v) is 6.81. The van der Waals surface area contributed by atoms with E-state index in [2.05, 4.69) is 23.5 Å². The highest BCUT2D eigenvalue weighted by molar-refractivity contribution is 7.91. The maximum absolute atomic E-state index is 12.3. The molecule has 2 rings (SSSR count). The summed E-state index contributed by atoms with van der Waals surface area (Å²) in [6.07, 6.45) is 3.49. The second kappa shape index (κ2) is 7.22. The van der Waals surface area contributed by atoms with Crippen LogP contribution in [0.1, 0.15) is 38.0 Å². The van der Waals surface area contributed by atoms with Gasteiger partial charge in [0.15, 0.2) is 0 Å². The van der Waals surface area contributed by atoms with Crippen LogP contribution in [0.15, 0.2) is 16.3 Å². The van der Waals surface area contributed by atoms with Gasteiger partial charge in [0.1, 0.15) is 4.21 Å². The molecule has 0 spiro atoms. The molecule has 0 aromatic carbocycles. The summed E-state index contributed by atoms with van der Waals surface area (Å²) in [5.74, 6) is 0.573. The molecule has 1 saturated heterocycles. The van der Waals surface area contributed by atoms with Crippen molar-refractivity contribution in [2.45, 2.75) is 50.3 Å². The highest BCUT2D eigenvalue weighted by Crippen LogP contribution is 2.21. The lowest BCUT2D eigenvalue weighted by atomic mass is 10.0. The molecule has 1 fully saturated rings. The van der Waals surface area contributed by atoms with Gasteiger partial charge in [-0.3, -0.25) is 4.90 Å². The highest BCUT2D eigenvalue weighted by Gasteiger charge is 2.25. The SMILES string of the molecule is Cc1ccc(S(=O)(=O)NCC(CC(C)C)N2CCCC2)s1. The van der Waals surface area contributed by atoms with E-state index in [1.807, 2.05) is 13.0 Å². The van der Waals surface area contributed by atoms with Gasteiger partial charge in [0, 0.05) is 17.5 Å². The quantitative estimate of drug-likeness (QED) is 0.836. The van der Waals surface area contributed by atoms with Gasteiger partial charge in [-0.1, -0.05) is 13.8 Å². The van der Waals surface area contributed by atoms with Gasteiger partial charge in [-0.05, 0) is 57.3 Å². The Morgan fingerprint density at radius 1 is 1.29 bits per heavy atom. The number of aryl methyl sites for hydroxylation is 1. The van der Waals surface area contributed by atoms with Crippen molar-refractivity contribution < 1.29 is 8.42 Å². The van der Waals surface area contributed by atoms with Crippen molar-refractivity contribution in [1.82, 2.24) is 9.62 Å². The second-order valence-electron chi connectivity index (χ2n) is 6.24. The molecule has 1 aromatic rings. The van der Waals surface area contributed by atoms with Crippen LogP contribution in [0, 0.1) is 12.8 Å². The molecule has 0 saturated carbocycles. The van der Waals surface area contributed by atoms with Gasteiger partial charge in [-0.15, -0.1) is 11.3 Å². The van der Waals surface area contributed by atoms with Gasteiger partial charge in [0.2, 0.25) is 10.0 Å². The third-order valence-electron chi connectivity index (χ3n) is 3.89. The van der Waals surface area contributed by atoms with Crippen molar-refractivity contribution in [3.05, 3.63) is 17.0 Å². The summed E-state index contributed by atoms with van der Waals surface area (Å²) in [4.78, 5) is 3.45. The molecule has 0 bridgehead atoms. The first-order valence-electron chi connectivity index (χ1n) is 7.68. The van der Waals surface area contributed by atoms with Gasteiger partial charge in [0.05, 0.1) is 0 Å². The molecule has 1 N–H and O–H groups in total. The number of rotatable bonds is 7. The Bertz CT molecular complexity index is 546. The van der Waals surface area contributed by atoms with Crippen LogP contribution < -0.4 is 4.72 Å². The van der Waals surface area contributed by atoms with Gasteiger partial charge in [-0.2, -0.15) is 0 Å². The van der Waals surface area contributed by atoms with Crippen LogP contribution in [0.4, 0.5) is 0 Å². The fourth-order valence-corrected chi connectivity index (χ4v) is 5.25. The Kier molecular flexibility index (Phi) is 5.82. The topological polar surface area (TPSA) is 49.4 Å². The second-order valence-corrected chi connectivity index (χ2v) is 9.53. The first-order chi connectivity index (χ1) is 9.88. The fourth-order valence-electron chi connectivity index (χ4n) is 2.85. The zero-order valence-corrected chi connectivity index (χ0v) is 14.8. The van der Waals surface area contributed by atoms with E-state index in [-0.39, 0.29) is 0 Å². The standard InChI is InChI=1S/C15H26N2O2S2/c1-12(2)10-14(17-8-4-5-9-17)11-16-21(18,19)15-7-6-13(3)20-15/h6-7,12,14,16H,4-5,8-11H2,1-3H3. The lowest BCUT2D eigenvalue weighted by molar-refractivity contribution is 0.214. The van der Waals surface area contributed by atoms with E-state index < -0.39 is 10.0 Å². The minimum absolute atomic E-state index is 0.309. The summed E-state index contributed by atoms with van der Waals surface area (Å²) in [7, 11) is -3.36. The molecule has 0 aliphatic carbocycles. The summed E-state index contributed by atoms with van der Waals surface area (Å²) in [5, 5.41) is 0. The molecule has 1 aliphatic rings. The van der Waals surface area contributed by atoms with Crippen LogP contribution in [0.5, 0.6) is 0 Å². The maximum Gasteiger partial charge on any atom is 0.250 e. The molecule has 2 heterocycles. The van der Waals surface area contributed by atoms with E-state index in [0.29, 0.717) is 22.7 Å². The van der Waals surface area contributed by atoms with Crippen molar-refractivity contribution in [1.29, 1.82) is 0 Å². The predicted molar refractivity (Wildman–Crippen MR) is 88.3 cm³/mol. The Morgan fingerprint density at radius 2 is 1.95 bits per heavy atom. The molecule has 0 radical (unpaired) electrons. The zero-order valence-electron chi connectivity index (χ0n) is 13.1. The van der Waals surface area contributed by atoms with Crippen molar-refractivity contribution in [3.63, 3.8) is 0 Å². The normalized spacial score (nSPS) is 18.5. The van der Waals surface area contributed by atoms with E-state index in [4.69, 9.17) is 0 Å². The number of likely N-dealkylation sites (tertiary alicyclic amines) is 1. The summed E-state index contributed by atoms with van der Waals surface area (Å²) >= 11 is 1.33. The Balaban J connectivity index is 2.00. The largest absolute Gasteiger partial charge is 0.299 e. The smallest absolute Gasteiger partial charge is 0.250 e. The van der Waals surface area contributed by atoms with Crippen molar-refractivity contribution in [2.75, 3.05) is 19.6 Å². The van der Waals surface area contributed by atoms with Crippen LogP contribution in [0.2, 0.25) is 0 Å². The Morgan fingerprint density at radius 3 is 2.48 bits per heavy atom. The average molecular weight is 331 g/mol. The van der Waals surface area contributed by atoms with Crippen LogP contribution in [-0.2, 0) is 10.0 Å². The van der Waals surface area contributed by atoms with E-state index in [1.165, 1.54) is 24.2 Å². The number of nitrogens with zero attached hydrogens (tertiary/aromatic N) is 1. The lowest BCUT2D eigenvalue weighted by Gasteiger charge is -2.29. The van der Waals surface area contributed by atoms with Crippen molar-refractivity contribution >= 4 is 21.4 Å². The van der Waals surface area contributed by atoms with Crippen molar-refractivity contribution in [3.8, 4) is 0 Å². The molecule has 1 atom stereocenters. The predicted octanol–water partition coefficient (Wildman–Crippen LogP) is 2.85. The monoisotopic (exact) mass is 330 g/mol. The molecule has 6 heteroatoms. The molecule has 1 aromatic heterocycles. The number of sulfonamides is 1. The molecule has 4 nitrogen and oxygen atoms in total. The molecule has 1 unspecified atom stereocenters.